The molecule has 3 aromatic rings. The molecule has 190 valence electrons. The minimum Gasteiger partial charge on any atom is -0.488 e. The average Bonchev–Trinajstić information content (AvgIpc) is 2.86. The molecule has 1 aliphatic heterocycles. The molecule has 1 aliphatic rings. The molecular formula is C28H30F3N3O2. The SMILES string of the molecule is Cc1ccc(C2(CNC=O)CCN(c3cccc(OCc4ccccc4)c3C(F)(F)F)CC2)c(C)n1. The number of alkyl halides is 3. The van der Waals surface area contributed by atoms with Crippen LogP contribution in [0.3, 0.4) is 0 Å². The molecule has 2 aromatic carbocycles. The number of hydrogen-bond acceptors (Lipinski definition) is 4. The van der Waals surface area contributed by atoms with Crippen molar-refractivity contribution in [2.24, 2.45) is 0 Å². The highest BCUT2D eigenvalue weighted by atomic mass is 19.4. The van der Waals surface area contributed by atoms with Crippen LogP contribution in [-0.2, 0) is 23.0 Å². The van der Waals surface area contributed by atoms with Crippen molar-refractivity contribution in [2.75, 3.05) is 24.5 Å². The second-order valence-corrected chi connectivity index (χ2v) is 9.27. The topological polar surface area (TPSA) is 54.5 Å². The number of carbonyl (C=O) groups is 1. The molecule has 2 heterocycles. The second-order valence-electron chi connectivity index (χ2n) is 9.27. The van der Waals surface area contributed by atoms with Crippen LogP contribution >= 0.6 is 0 Å². The van der Waals surface area contributed by atoms with Gasteiger partial charge in [-0.25, -0.2) is 0 Å². The Kier molecular flexibility index (Phi) is 7.52. The third-order valence-electron chi connectivity index (χ3n) is 6.91. The number of carbonyl (C=O) groups excluding carboxylic acids is 1. The number of hydrogen-bond donors (Lipinski definition) is 1. The summed E-state index contributed by atoms with van der Waals surface area (Å²) in [6.45, 7) is 5.11. The average molecular weight is 498 g/mol. The molecule has 1 N–H and O–H groups in total. The molecule has 1 aromatic heterocycles. The van der Waals surface area contributed by atoms with Crippen LogP contribution in [0.25, 0.3) is 0 Å². The zero-order valence-electron chi connectivity index (χ0n) is 20.4. The Morgan fingerprint density at radius 3 is 2.39 bits per heavy atom. The Balaban J connectivity index is 1.61. The van der Waals surface area contributed by atoms with Crippen molar-refractivity contribution in [2.45, 2.75) is 44.9 Å². The van der Waals surface area contributed by atoms with Crippen LogP contribution in [-0.4, -0.2) is 31.0 Å². The van der Waals surface area contributed by atoms with Gasteiger partial charge in [0.25, 0.3) is 0 Å². The van der Waals surface area contributed by atoms with Crippen LogP contribution in [0.5, 0.6) is 5.75 Å². The summed E-state index contributed by atoms with van der Waals surface area (Å²) in [6.07, 6.45) is -2.76. The molecular weight excluding hydrogens is 467 g/mol. The summed E-state index contributed by atoms with van der Waals surface area (Å²) in [7, 11) is 0. The Labute approximate surface area is 209 Å². The molecule has 5 nitrogen and oxygen atoms in total. The van der Waals surface area contributed by atoms with Gasteiger partial charge in [0.15, 0.2) is 0 Å². The molecule has 0 radical (unpaired) electrons. The van der Waals surface area contributed by atoms with Gasteiger partial charge in [-0.1, -0.05) is 42.5 Å². The third kappa shape index (κ3) is 5.48. The number of rotatable bonds is 8. The lowest BCUT2D eigenvalue weighted by atomic mass is 9.72. The number of amides is 1. The van der Waals surface area contributed by atoms with Crippen molar-refractivity contribution in [3.05, 3.63) is 88.7 Å². The lowest BCUT2D eigenvalue weighted by Crippen LogP contribution is -2.48. The van der Waals surface area contributed by atoms with Gasteiger partial charge in [-0.05, 0) is 56.0 Å². The Morgan fingerprint density at radius 1 is 1.03 bits per heavy atom. The van der Waals surface area contributed by atoms with Crippen LogP contribution in [0.1, 0.15) is 40.9 Å². The van der Waals surface area contributed by atoms with E-state index in [0.717, 1.165) is 22.5 Å². The number of nitrogens with zero attached hydrogens (tertiary/aromatic N) is 2. The van der Waals surface area contributed by atoms with Gasteiger partial charge < -0.3 is 15.0 Å². The molecule has 1 fully saturated rings. The predicted molar refractivity (Wildman–Crippen MR) is 133 cm³/mol. The summed E-state index contributed by atoms with van der Waals surface area (Å²) in [5.74, 6) is -0.179. The first kappa shape index (κ1) is 25.5. The first-order chi connectivity index (χ1) is 17.2. The van der Waals surface area contributed by atoms with E-state index in [1.807, 2.05) is 56.3 Å². The lowest BCUT2D eigenvalue weighted by Gasteiger charge is -2.44. The highest BCUT2D eigenvalue weighted by Gasteiger charge is 2.42. The molecule has 1 saturated heterocycles. The normalized spacial score (nSPS) is 15.4. The van der Waals surface area contributed by atoms with E-state index in [1.165, 1.54) is 12.1 Å². The molecule has 0 atom stereocenters. The Morgan fingerprint density at radius 2 is 1.75 bits per heavy atom. The first-order valence-electron chi connectivity index (χ1n) is 12.0. The smallest absolute Gasteiger partial charge is 0.421 e. The summed E-state index contributed by atoms with van der Waals surface area (Å²) >= 11 is 0. The van der Waals surface area contributed by atoms with Crippen molar-refractivity contribution in [1.82, 2.24) is 10.3 Å². The van der Waals surface area contributed by atoms with E-state index >= 15 is 0 Å². The predicted octanol–water partition coefficient (Wildman–Crippen LogP) is 5.58. The number of benzene rings is 2. The third-order valence-corrected chi connectivity index (χ3v) is 6.91. The van der Waals surface area contributed by atoms with Crippen molar-refractivity contribution >= 4 is 12.1 Å². The van der Waals surface area contributed by atoms with Gasteiger partial charge in [-0.2, -0.15) is 13.2 Å². The minimum absolute atomic E-state index is 0.0492. The van der Waals surface area contributed by atoms with Crippen LogP contribution < -0.4 is 15.0 Å². The zero-order chi connectivity index (χ0) is 25.8. The molecule has 0 aliphatic carbocycles. The standard InChI is InChI=1S/C28H30F3N3O2/c1-20-11-12-23(21(2)33-20)27(18-32-19-35)13-15-34(16-14-27)24-9-6-10-25(26(24)28(29,30)31)36-17-22-7-4-3-5-8-22/h3-12,19H,13-18H2,1-2H3,(H,32,35). The van der Waals surface area contributed by atoms with Gasteiger partial charge in [0.05, 0.1) is 5.69 Å². The highest BCUT2D eigenvalue weighted by molar-refractivity contribution is 5.61. The van der Waals surface area contributed by atoms with Crippen LogP contribution in [0.15, 0.2) is 60.7 Å². The summed E-state index contributed by atoms with van der Waals surface area (Å²) < 4.78 is 48.6. The summed E-state index contributed by atoms with van der Waals surface area (Å²) in [5, 5.41) is 2.80. The van der Waals surface area contributed by atoms with E-state index in [4.69, 9.17) is 4.74 Å². The van der Waals surface area contributed by atoms with Crippen LogP contribution in [0.4, 0.5) is 18.9 Å². The number of piperidine rings is 1. The fourth-order valence-corrected chi connectivity index (χ4v) is 5.12. The molecule has 36 heavy (non-hydrogen) atoms. The zero-order valence-corrected chi connectivity index (χ0v) is 20.4. The molecule has 1 amide bonds. The molecule has 4 rings (SSSR count). The summed E-state index contributed by atoms with van der Waals surface area (Å²) in [6, 6.07) is 17.6. The highest BCUT2D eigenvalue weighted by Crippen LogP contribution is 2.45. The first-order valence-corrected chi connectivity index (χ1v) is 12.0. The minimum atomic E-state index is -4.58. The summed E-state index contributed by atoms with van der Waals surface area (Å²) in [5.41, 5.74) is 2.55. The van der Waals surface area contributed by atoms with Crippen molar-refractivity contribution in [1.29, 1.82) is 0 Å². The van der Waals surface area contributed by atoms with Crippen molar-refractivity contribution in [3.8, 4) is 5.75 Å². The maximum absolute atomic E-state index is 14.3. The van der Waals surface area contributed by atoms with Crippen LogP contribution in [0, 0.1) is 13.8 Å². The number of ether oxygens (including phenoxy) is 1. The summed E-state index contributed by atoms with van der Waals surface area (Å²) in [4.78, 5) is 17.5. The Hall–Kier alpha value is -3.55. The largest absolute Gasteiger partial charge is 0.488 e. The molecule has 0 bridgehead atoms. The lowest BCUT2D eigenvalue weighted by molar-refractivity contribution is -0.138. The number of aryl methyl sites for hydroxylation is 2. The number of anilines is 1. The molecule has 0 unspecified atom stereocenters. The van der Waals surface area contributed by atoms with E-state index in [0.29, 0.717) is 38.9 Å². The Bertz CT molecular complexity index is 1190. The monoisotopic (exact) mass is 497 g/mol. The maximum Gasteiger partial charge on any atom is 0.421 e. The fraction of sp³-hybridized carbons (Fsp3) is 0.357. The van der Waals surface area contributed by atoms with Gasteiger partial charge in [0.1, 0.15) is 17.9 Å². The van der Waals surface area contributed by atoms with E-state index < -0.39 is 17.2 Å². The van der Waals surface area contributed by atoms with E-state index in [1.54, 1.807) is 11.0 Å². The number of pyridine rings is 1. The fourth-order valence-electron chi connectivity index (χ4n) is 5.12. The quantitative estimate of drug-likeness (QED) is 0.413. The van der Waals surface area contributed by atoms with Gasteiger partial charge >= 0.3 is 6.18 Å². The van der Waals surface area contributed by atoms with E-state index in [-0.39, 0.29) is 18.0 Å². The van der Waals surface area contributed by atoms with Crippen LogP contribution in [0.2, 0.25) is 0 Å². The molecule has 0 saturated carbocycles. The number of aromatic nitrogens is 1. The second kappa shape index (κ2) is 10.6. The molecule has 8 heteroatoms. The van der Waals surface area contributed by atoms with Gasteiger partial charge in [-0.3, -0.25) is 9.78 Å². The molecule has 0 spiro atoms. The number of nitrogens with one attached hydrogen (secondary N) is 1. The van der Waals surface area contributed by atoms with E-state index in [2.05, 4.69) is 10.3 Å². The van der Waals surface area contributed by atoms with E-state index in [9.17, 15) is 18.0 Å². The van der Waals surface area contributed by atoms with Gasteiger partial charge in [0, 0.05) is 36.4 Å². The van der Waals surface area contributed by atoms with Crippen molar-refractivity contribution < 1.29 is 22.7 Å². The number of halogens is 3. The maximum atomic E-state index is 14.3. The van der Waals surface area contributed by atoms with Gasteiger partial charge in [0.2, 0.25) is 6.41 Å². The van der Waals surface area contributed by atoms with Gasteiger partial charge in [-0.15, -0.1) is 0 Å². The van der Waals surface area contributed by atoms with Crippen molar-refractivity contribution in [3.63, 3.8) is 0 Å².